The van der Waals surface area contributed by atoms with Crippen LogP contribution in [0.15, 0.2) is 72.9 Å². The minimum Gasteiger partial charge on any atom is -0.338 e. The highest BCUT2D eigenvalue weighted by atomic mass is 16.2. The van der Waals surface area contributed by atoms with Gasteiger partial charge in [0.15, 0.2) is 0 Å². The van der Waals surface area contributed by atoms with Crippen LogP contribution in [-0.4, -0.2) is 24.1 Å². The number of rotatable bonds is 8. The average molecular weight is 411 g/mol. The van der Waals surface area contributed by atoms with E-state index in [2.05, 4.69) is 52.9 Å². The zero-order valence-corrected chi connectivity index (χ0v) is 17.6. The Bertz CT molecular complexity index is 1070. The van der Waals surface area contributed by atoms with Crippen molar-refractivity contribution in [3.05, 3.63) is 101 Å². The number of urea groups is 1. The molecule has 0 fully saturated rings. The third-order valence-electron chi connectivity index (χ3n) is 4.84. The predicted molar refractivity (Wildman–Crippen MR) is 124 cm³/mol. The van der Waals surface area contributed by atoms with Crippen LogP contribution in [0.3, 0.4) is 0 Å². The standard InChI is InChI=1S/C26H26N4O/c1-20-8-10-21(11-9-20)12-15-29-26(31)30-16-13-22-5-4-6-23(17-22)18-24(19-27)25-7-2-3-14-28-25/h2-11,14,17-18H,12-13,15-16H2,1H3,(H2,29,30,31). The van der Waals surface area contributed by atoms with E-state index in [0.717, 1.165) is 17.5 Å². The normalized spacial score (nSPS) is 10.9. The van der Waals surface area contributed by atoms with E-state index in [1.54, 1.807) is 6.20 Å². The third-order valence-corrected chi connectivity index (χ3v) is 4.84. The molecule has 31 heavy (non-hydrogen) atoms. The van der Waals surface area contributed by atoms with Gasteiger partial charge < -0.3 is 10.6 Å². The zero-order valence-electron chi connectivity index (χ0n) is 17.6. The van der Waals surface area contributed by atoms with Gasteiger partial charge in [-0.1, -0.05) is 60.2 Å². The van der Waals surface area contributed by atoms with E-state index >= 15 is 0 Å². The van der Waals surface area contributed by atoms with Crippen molar-refractivity contribution in [1.82, 2.24) is 15.6 Å². The van der Waals surface area contributed by atoms with Crippen LogP contribution in [0.2, 0.25) is 0 Å². The molecule has 0 saturated heterocycles. The van der Waals surface area contributed by atoms with Gasteiger partial charge in [-0.05, 0) is 54.7 Å². The lowest BCUT2D eigenvalue weighted by molar-refractivity contribution is 0.241. The number of aromatic nitrogens is 1. The highest BCUT2D eigenvalue weighted by molar-refractivity contribution is 5.88. The second-order valence-electron chi connectivity index (χ2n) is 7.30. The van der Waals surface area contributed by atoms with E-state index in [4.69, 9.17) is 0 Å². The first-order chi connectivity index (χ1) is 15.1. The van der Waals surface area contributed by atoms with Gasteiger partial charge in [-0.3, -0.25) is 4.98 Å². The minimum atomic E-state index is -0.162. The smallest absolute Gasteiger partial charge is 0.314 e. The van der Waals surface area contributed by atoms with Crippen molar-refractivity contribution in [1.29, 1.82) is 5.26 Å². The molecule has 0 bridgehead atoms. The van der Waals surface area contributed by atoms with Gasteiger partial charge in [-0.15, -0.1) is 0 Å². The fourth-order valence-corrected chi connectivity index (χ4v) is 3.15. The maximum absolute atomic E-state index is 12.0. The lowest BCUT2D eigenvalue weighted by Gasteiger charge is -2.08. The summed E-state index contributed by atoms with van der Waals surface area (Å²) in [5.74, 6) is 0. The molecular weight excluding hydrogens is 384 g/mol. The van der Waals surface area contributed by atoms with Gasteiger partial charge in [0.1, 0.15) is 6.07 Å². The molecular formula is C26H26N4O. The van der Waals surface area contributed by atoms with Crippen molar-refractivity contribution < 1.29 is 4.79 Å². The van der Waals surface area contributed by atoms with Crippen LogP contribution in [-0.2, 0) is 12.8 Å². The molecule has 0 aliphatic rings. The lowest BCUT2D eigenvalue weighted by atomic mass is 10.0. The lowest BCUT2D eigenvalue weighted by Crippen LogP contribution is -2.37. The molecule has 0 aliphatic heterocycles. The van der Waals surface area contributed by atoms with Gasteiger partial charge in [-0.25, -0.2) is 4.79 Å². The fraction of sp³-hybridized carbons (Fsp3) is 0.192. The Kier molecular flexibility index (Phi) is 7.96. The van der Waals surface area contributed by atoms with Gasteiger partial charge in [0, 0.05) is 19.3 Å². The number of amides is 2. The first-order valence-corrected chi connectivity index (χ1v) is 10.3. The van der Waals surface area contributed by atoms with Crippen LogP contribution < -0.4 is 10.6 Å². The number of nitrogens with one attached hydrogen (secondary N) is 2. The fourth-order valence-electron chi connectivity index (χ4n) is 3.15. The molecule has 3 aromatic rings. The second kappa shape index (κ2) is 11.3. The first kappa shape index (κ1) is 21.8. The number of nitrogens with zero attached hydrogens (tertiary/aromatic N) is 2. The van der Waals surface area contributed by atoms with Crippen molar-refractivity contribution in [2.24, 2.45) is 0 Å². The molecule has 0 atom stereocenters. The minimum absolute atomic E-state index is 0.162. The summed E-state index contributed by atoms with van der Waals surface area (Å²) < 4.78 is 0. The largest absolute Gasteiger partial charge is 0.338 e. The summed E-state index contributed by atoms with van der Waals surface area (Å²) in [7, 11) is 0. The molecule has 1 aromatic heterocycles. The van der Waals surface area contributed by atoms with E-state index < -0.39 is 0 Å². The Hall–Kier alpha value is -3.91. The van der Waals surface area contributed by atoms with Crippen molar-refractivity contribution in [2.45, 2.75) is 19.8 Å². The molecule has 3 rings (SSSR count). The van der Waals surface area contributed by atoms with Crippen LogP contribution in [0, 0.1) is 18.3 Å². The summed E-state index contributed by atoms with van der Waals surface area (Å²) >= 11 is 0. The molecule has 0 aliphatic carbocycles. The maximum atomic E-state index is 12.0. The van der Waals surface area contributed by atoms with Crippen LogP contribution in [0.5, 0.6) is 0 Å². The summed E-state index contributed by atoms with van der Waals surface area (Å²) in [5, 5.41) is 15.2. The Morgan fingerprint density at radius 1 is 0.968 bits per heavy atom. The molecule has 2 N–H and O–H groups in total. The predicted octanol–water partition coefficient (Wildman–Crippen LogP) is 4.54. The van der Waals surface area contributed by atoms with Crippen molar-refractivity contribution in [3.8, 4) is 6.07 Å². The number of benzene rings is 2. The third kappa shape index (κ3) is 7.13. The number of carbonyl (C=O) groups excluding carboxylic acids is 1. The second-order valence-corrected chi connectivity index (χ2v) is 7.30. The number of hydrogen-bond donors (Lipinski definition) is 2. The highest BCUT2D eigenvalue weighted by Crippen LogP contribution is 2.16. The van der Waals surface area contributed by atoms with Gasteiger partial charge in [0.05, 0.1) is 11.3 Å². The molecule has 0 saturated carbocycles. The van der Waals surface area contributed by atoms with Gasteiger partial charge in [0.25, 0.3) is 0 Å². The first-order valence-electron chi connectivity index (χ1n) is 10.3. The topological polar surface area (TPSA) is 77.8 Å². The average Bonchev–Trinajstić information content (AvgIpc) is 2.80. The molecule has 1 heterocycles. The van der Waals surface area contributed by atoms with Crippen molar-refractivity contribution in [2.75, 3.05) is 13.1 Å². The molecule has 5 heteroatoms. The summed E-state index contributed by atoms with van der Waals surface area (Å²) in [6.45, 7) is 3.19. The van der Waals surface area contributed by atoms with Crippen LogP contribution in [0.4, 0.5) is 4.79 Å². The Morgan fingerprint density at radius 3 is 2.39 bits per heavy atom. The van der Waals surface area contributed by atoms with E-state index in [1.165, 1.54) is 11.1 Å². The summed E-state index contributed by atoms with van der Waals surface area (Å²) in [4.78, 5) is 16.3. The van der Waals surface area contributed by atoms with Gasteiger partial charge in [0.2, 0.25) is 0 Å². The monoisotopic (exact) mass is 410 g/mol. The number of allylic oxidation sites excluding steroid dienone is 1. The van der Waals surface area contributed by atoms with E-state index in [1.807, 2.05) is 48.5 Å². The van der Waals surface area contributed by atoms with E-state index in [0.29, 0.717) is 30.8 Å². The molecule has 2 aromatic carbocycles. The Balaban J connectivity index is 1.46. The molecule has 5 nitrogen and oxygen atoms in total. The van der Waals surface area contributed by atoms with E-state index in [-0.39, 0.29) is 6.03 Å². The number of hydrogen-bond acceptors (Lipinski definition) is 3. The van der Waals surface area contributed by atoms with Gasteiger partial charge >= 0.3 is 6.03 Å². The number of carbonyl (C=O) groups is 1. The summed E-state index contributed by atoms with van der Waals surface area (Å²) in [6, 6.07) is 23.8. The van der Waals surface area contributed by atoms with Crippen molar-refractivity contribution >= 4 is 17.7 Å². The van der Waals surface area contributed by atoms with Crippen LogP contribution in [0.25, 0.3) is 11.6 Å². The Labute approximate surface area is 183 Å². The Morgan fingerprint density at radius 2 is 1.71 bits per heavy atom. The molecule has 0 radical (unpaired) electrons. The molecule has 2 amide bonds. The quantitative estimate of drug-likeness (QED) is 0.535. The molecule has 0 unspecified atom stereocenters. The highest BCUT2D eigenvalue weighted by Gasteiger charge is 2.04. The zero-order chi connectivity index (χ0) is 21.9. The van der Waals surface area contributed by atoms with Gasteiger partial charge in [-0.2, -0.15) is 5.26 Å². The molecule has 156 valence electrons. The SMILES string of the molecule is Cc1ccc(CCNC(=O)NCCc2cccc(C=C(C#N)c3ccccn3)c2)cc1. The maximum Gasteiger partial charge on any atom is 0.314 e. The van der Waals surface area contributed by atoms with Crippen LogP contribution in [0.1, 0.15) is 27.9 Å². The number of pyridine rings is 1. The molecule has 0 spiro atoms. The number of aryl methyl sites for hydroxylation is 1. The van der Waals surface area contributed by atoms with E-state index in [9.17, 15) is 10.1 Å². The van der Waals surface area contributed by atoms with Crippen LogP contribution >= 0.6 is 0 Å². The summed E-state index contributed by atoms with van der Waals surface area (Å²) in [6.07, 6.45) is 5.02. The number of nitriles is 1. The summed E-state index contributed by atoms with van der Waals surface area (Å²) in [5.41, 5.74) is 5.63. The van der Waals surface area contributed by atoms with Crippen molar-refractivity contribution in [3.63, 3.8) is 0 Å².